The Morgan fingerprint density at radius 2 is 0.565 bits per heavy atom. The number of hydrogen-bond acceptors (Lipinski definition) is 6. The van der Waals surface area contributed by atoms with Gasteiger partial charge >= 0.3 is 17.9 Å². The van der Waals surface area contributed by atoms with Crippen LogP contribution in [0.3, 0.4) is 0 Å². The van der Waals surface area contributed by atoms with E-state index in [0.29, 0.717) is 19.3 Å². The van der Waals surface area contributed by atoms with E-state index < -0.39 is 6.10 Å². The molecule has 0 heterocycles. The lowest BCUT2D eigenvalue weighted by Gasteiger charge is -2.18. The van der Waals surface area contributed by atoms with Gasteiger partial charge in [-0.15, -0.1) is 0 Å². The van der Waals surface area contributed by atoms with E-state index in [2.05, 4.69) is 81.5 Å². The first kappa shape index (κ1) is 66.1. The van der Waals surface area contributed by atoms with Crippen molar-refractivity contribution in [3.63, 3.8) is 0 Å². The second-order valence-electron chi connectivity index (χ2n) is 19.9. The number of esters is 3. The number of ether oxygens (including phenoxy) is 3. The van der Waals surface area contributed by atoms with E-state index in [1.165, 1.54) is 167 Å². The molecule has 0 amide bonds. The summed E-state index contributed by atoms with van der Waals surface area (Å²) in [5, 5.41) is 0. The van der Waals surface area contributed by atoms with Crippen molar-refractivity contribution in [3.05, 3.63) is 60.8 Å². The van der Waals surface area contributed by atoms with E-state index >= 15 is 0 Å². The Morgan fingerprint density at radius 3 is 0.884 bits per heavy atom. The van der Waals surface area contributed by atoms with Crippen molar-refractivity contribution in [2.24, 2.45) is 0 Å². The third kappa shape index (κ3) is 55.9. The molecule has 6 nitrogen and oxygen atoms in total. The van der Waals surface area contributed by atoms with Crippen molar-refractivity contribution >= 4 is 17.9 Å². The molecule has 0 saturated heterocycles. The first-order valence-corrected chi connectivity index (χ1v) is 29.8. The lowest BCUT2D eigenvalue weighted by molar-refractivity contribution is -0.167. The average molecular weight is 966 g/mol. The van der Waals surface area contributed by atoms with Crippen LogP contribution in [0.4, 0.5) is 0 Å². The van der Waals surface area contributed by atoms with Crippen molar-refractivity contribution in [3.8, 4) is 0 Å². The van der Waals surface area contributed by atoms with E-state index in [0.717, 1.165) is 96.3 Å². The number of unbranched alkanes of at least 4 members (excludes halogenated alkanes) is 33. The maximum absolute atomic E-state index is 12.9. The number of rotatable bonds is 54. The molecule has 0 saturated carbocycles. The lowest BCUT2D eigenvalue weighted by Crippen LogP contribution is -2.30. The Balaban J connectivity index is 4.40. The molecule has 1 atom stereocenters. The summed E-state index contributed by atoms with van der Waals surface area (Å²) in [5.41, 5.74) is 0. The summed E-state index contributed by atoms with van der Waals surface area (Å²) in [6.45, 7) is 6.54. The van der Waals surface area contributed by atoms with Gasteiger partial charge in [0.2, 0.25) is 0 Å². The second-order valence-corrected chi connectivity index (χ2v) is 19.9. The fourth-order valence-electron chi connectivity index (χ4n) is 8.59. The molecule has 0 aromatic rings. The highest BCUT2D eigenvalue weighted by Gasteiger charge is 2.19. The summed E-state index contributed by atoms with van der Waals surface area (Å²) in [6.07, 6.45) is 72.1. The van der Waals surface area contributed by atoms with E-state index in [-0.39, 0.29) is 31.1 Å². The minimum Gasteiger partial charge on any atom is -0.462 e. The minimum absolute atomic E-state index is 0.0805. The normalized spacial score (nSPS) is 12.4. The predicted octanol–water partition coefficient (Wildman–Crippen LogP) is 20.0. The smallest absolute Gasteiger partial charge is 0.306 e. The Morgan fingerprint density at radius 1 is 0.304 bits per heavy atom. The van der Waals surface area contributed by atoms with Crippen LogP contribution < -0.4 is 0 Å². The highest BCUT2D eigenvalue weighted by atomic mass is 16.6. The molecule has 6 heteroatoms. The van der Waals surface area contributed by atoms with Crippen LogP contribution in [0.1, 0.15) is 303 Å². The number of allylic oxidation sites excluding steroid dienone is 10. The molecular weight excluding hydrogens is 853 g/mol. The van der Waals surface area contributed by atoms with Crippen LogP contribution >= 0.6 is 0 Å². The van der Waals surface area contributed by atoms with Crippen LogP contribution in [0.5, 0.6) is 0 Å². The molecular formula is C63H112O6. The van der Waals surface area contributed by atoms with E-state index in [9.17, 15) is 14.4 Å². The van der Waals surface area contributed by atoms with Crippen molar-refractivity contribution in [1.82, 2.24) is 0 Å². The van der Waals surface area contributed by atoms with Gasteiger partial charge in [0.15, 0.2) is 6.10 Å². The Hall–Kier alpha value is -2.89. The van der Waals surface area contributed by atoms with Gasteiger partial charge in [-0.3, -0.25) is 14.4 Å². The lowest BCUT2D eigenvalue weighted by atomic mass is 10.0. The Bertz CT molecular complexity index is 1250. The summed E-state index contributed by atoms with van der Waals surface area (Å²) in [4.78, 5) is 38.2. The first-order valence-electron chi connectivity index (χ1n) is 29.8. The third-order valence-electron chi connectivity index (χ3n) is 13.0. The van der Waals surface area contributed by atoms with E-state index in [1.54, 1.807) is 0 Å². The maximum Gasteiger partial charge on any atom is 0.306 e. The van der Waals surface area contributed by atoms with Crippen LogP contribution in [0.15, 0.2) is 60.8 Å². The highest BCUT2D eigenvalue weighted by Crippen LogP contribution is 2.17. The highest BCUT2D eigenvalue weighted by molar-refractivity contribution is 5.71. The average Bonchev–Trinajstić information content (AvgIpc) is 3.35. The topological polar surface area (TPSA) is 78.9 Å². The predicted molar refractivity (Wildman–Crippen MR) is 298 cm³/mol. The molecule has 0 aromatic carbocycles. The SMILES string of the molecule is CC/C=C/C/C=C/C/C=C/C/C=C/C/C=C/CCCCCC(=O)OC[C@@H](COC(=O)CCCCCCCCCCCCCCCCC)OC(=O)CCCCCCCCCCCCCCCCCCC. The van der Waals surface area contributed by atoms with Crippen LogP contribution in [-0.4, -0.2) is 37.2 Å². The molecule has 0 aliphatic carbocycles. The van der Waals surface area contributed by atoms with Crippen LogP contribution in [0.2, 0.25) is 0 Å². The summed E-state index contributed by atoms with van der Waals surface area (Å²) < 4.78 is 16.9. The molecule has 0 unspecified atom stereocenters. The van der Waals surface area contributed by atoms with Gasteiger partial charge in [-0.1, -0.05) is 281 Å². The third-order valence-corrected chi connectivity index (χ3v) is 13.0. The summed E-state index contributed by atoms with van der Waals surface area (Å²) in [6, 6.07) is 0. The molecule has 0 rings (SSSR count). The van der Waals surface area contributed by atoms with Crippen molar-refractivity contribution in [1.29, 1.82) is 0 Å². The molecule has 69 heavy (non-hydrogen) atoms. The monoisotopic (exact) mass is 965 g/mol. The van der Waals surface area contributed by atoms with Crippen molar-refractivity contribution in [2.75, 3.05) is 13.2 Å². The van der Waals surface area contributed by atoms with Gasteiger partial charge in [0.05, 0.1) is 0 Å². The molecule has 0 bridgehead atoms. The molecule has 0 aliphatic rings. The molecule has 0 N–H and O–H groups in total. The summed E-state index contributed by atoms with van der Waals surface area (Å²) in [5.74, 6) is -0.897. The van der Waals surface area contributed by atoms with Crippen molar-refractivity contribution < 1.29 is 28.6 Å². The van der Waals surface area contributed by atoms with Gasteiger partial charge in [0.1, 0.15) is 13.2 Å². The Labute approximate surface area is 428 Å². The zero-order chi connectivity index (χ0) is 50.0. The largest absolute Gasteiger partial charge is 0.462 e. The fourth-order valence-corrected chi connectivity index (χ4v) is 8.59. The standard InChI is InChI=1S/C63H112O6/c1-4-7-10-13-16-19-22-25-28-30-31-33-35-38-41-44-47-50-53-56-62(65)68-59-60(58-67-61(64)55-52-49-46-43-40-37-34-27-24-21-18-15-12-9-6-3)69-63(66)57-54-51-48-45-42-39-36-32-29-26-23-20-17-14-11-8-5-2/h7,10,16,19,25,28,31,33,38,41,60H,4-6,8-9,11-15,17-18,20-24,26-27,29-30,32,34-37,39-40,42-59H2,1-3H3/b10-7+,19-16+,28-25+,33-31+,41-38+/t60-/m1/s1. The number of carbonyl (C=O) groups is 3. The first-order chi connectivity index (χ1) is 34.0. The second kappa shape index (κ2) is 57.7. The molecule has 0 radical (unpaired) electrons. The molecule has 0 aliphatic heterocycles. The molecule has 0 spiro atoms. The Kier molecular flexibility index (Phi) is 55.3. The maximum atomic E-state index is 12.9. The van der Waals surface area contributed by atoms with E-state index in [1.807, 2.05) is 0 Å². The summed E-state index contributed by atoms with van der Waals surface area (Å²) in [7, 11) is 0. The fraction of sp³-hybridized carbons (Fsp3) is 0.794. The molecule has 0 aromatic heterocycles. The van der Waals surface area contributed by atoms with Gasteiger partial charge in [-0.25, -0.2) is 0 Å². The van der Waals surface area contributed by atoms with E-state index in [4.69, 9.17) is 14.2 Å². The van der Waals surface area contributed by atoms with Crippen LogP contribution in [-0.2, 0) is 28.6 Å². The number of hydrogen-bond donors (Lipinski definition) is 0. The van der Waals surface area contributed by atoms with Gasteiger partial charge in [0, 0.05) is 19.3 Å². The van der Waals surface area contributed by atoms with Gasteiger partial charge < -0.3 is 14.2 Å². The molecule has 0 fully saturated rings. The van der Waals surface area contributed by atoms with Gasteiger partial charge in [0.25, 0.3) is 0 Å². The zero-order valence-electron chi connectivity index (χ0n) is 45.8. The van der Waals surface area contributed by atoms with Gasteiger partial charge in [-0.05, 0) is 64.2 Å². The summed E-state index contributed by atoms with van der Waals surface area (Å²) >= 11 is 0. The van der Waals surface area contributed by atoms with Crippen LogP contribution in [0.25, 0.3) is 0 Å². The van der Waals surface area contributed by atoms with Gasteiger partial charge in [-0.2, -0.15) is 0 Å². The van der Waals surface area contributed by atoms with Crippen LogP contribution in [0, 0.1) is 0 Å². The number of carbonyl (C=O) groups excluding carboxylic acids is 3. The zero-order valence-corrected chi connectivity index (χ0v) is 45.8. The van der Waals surface area contributed by atoms with Crippen molar-refractivity contribution in [2.45, 2.75) is 309 Å². The minimum atomic E-state index is -0.785. The molecule has 400 valence electrons. The quantitative estimate of drug-likeness (QED) is 0.0262.